The van der Waals surface area contributed by atoms with E-state index in [2.05, 4.69) is 26.1 Å². The number of aliphatic hydroxyl groups excluding tert-OH is 1. The Balaban J connectivity index is 2.79. The first-order valence-electron chi connectivity index (χ1n) is 9.43. The standard InChI is InChI=1S/C20H33N3O4/c1-7-23(8-2)19(26)22-15-9-10-18(17(11-15)14(3)24)27-13-16(25)12-21-20(4,5)6/h9-11,16,21,25H,7-8,12-13H2,1-6H3,(H,22,26)/p+1. The molecule has 1 aromatic rings. The summed E-state index contributed by atoms with van der Waals surface area (Å²) in [5.74, 6) is 0.234. The molecule has 0 heterocycles. The number of amides is 2. The number of carbonyl (C=O) groups is 2. The zero-order valence-corrected chi connectivity index (χ0v) is 17.3. The Morgan fingerprint density at radius 1 is 1.26 bits per heavy atom. The molecule has 0 bridgehead atoms. The van der Waals surface area contributed by atoms with E-state index in [1.807, 2.05) is 19.2 Å². The number of Topliss-reactive ketones (excluding diaryl/α,β-unsaturated/α-hetero) is 1. The maximum Gasteiger partial charge on any atom is 0.321 e. The number of ether oxygens (including phenoxy) is 1. The van der Waals surface area contributed by atoms with Crippen LogP contribution in [0.5, 0.6) is 5.75 Å². The maximum absolute atomic E-state index is 12.2. The fraction of sp³-hybridized carbons (Fsp3) is 0.600. The Morgan fingerprint density at radius 2 is 1.89 bits per heavy atom. The van der Waals surface area contributed by atoms with Crippen molar-refractivity contribution in [3.63, 3.8) is 0 Å². The summed E-state index contributed by atoms with van der Waals surface area (Å²) in [6.07, 6.45) is -0.647. The van der Waals surface area contributed by atoms with Crippen LogP contribution in [0, 0.1) is 0 Å². The van der Waals surface area contributed by atoms with Gasteiger partial charge in [-0.2, -0.15) is 0 Å². The molecule has 0 fully saturated rings. The quantitative estimate of drug-likeness (QED) is 0.570. The number of hydrogen-bond acceptors (Lipinski definition) is 4. The van der Waals surface area contributed by atoms with Gasteiger partial charge in [0.2, 0.25) is 0 Å². The second kappa shape index (κ2) is 10.3. The molecule has 1 unspecified atom stereocenters. The highest BCUT2D eigenvalue weighted by molar-refractivity contribution is 5.99. The van der Waals surface area contributed by atoms with Crippen molar-refractivity contribution in [1.29, 1.82) is 0 Å². The molecule has 7 nitrogen and oxygen atoms in total. The first-order chi connectivity index (χ1) is 12.6. The van der Waals surface area contributed by atoms with Gasteiger partial charge in [-0.15, -0.1) is 0 Å². The van der Waals surface area contributed by atoms with Crippen LogP contribution in [0.15, 0.2) is 18.2 Å². The van der Waals surface area contributed by atoms with Gasteiger partial charge in [0.25, 0.3) is 0 Å². The van der Waals surface area contributed by atoms with E-state index in [4.69, 9.17) is 4.74 Å². The van der Waals surface area contributed by atoms with Crippen LogP contribution in [0.4, 0.5) is 10.5 Å². The molecule has 0 radical (unpaired) electrons. The largest absolute Gasteiger partial charge is 0.490 e. The average Bonchev–Trinajstić information content (AvgIpc) is 2.59. The van der Waals surface area contributed by atoms with Crippen molar-refractivity contribution in [3.8, 4) is 5.75 Å². The van der Waals surface area contributed by atoms with Gasteiger partial charge < -0.3 is 25.4 Å². The first kappa shape index (κ1) is 22.9. The van der Waals surface area contributed by atoms with Crippen LogP contribution in [0.3, 0.4) is 0 Å². The molecule has 0 saturated carbocycles. The number of quaternary nitrogens is 1. The Bertz CT molecular complexity index is 637. The van der Waals surface area contributed by atoms with Crippen molar-refractivity contribution in [3.05, 3.63) is 23.8 Å². The maximum atomic E-state index is 12.2. The van der Waals surface area contributed by atoms with Crippen molar-refractivity contribution >= 4 is 17.5 Å². The highest BCUT2D eigenvalue weighted by Crippen LogP contribution is 2.24. The van der Waals surface area contributed by atoms with Gasteiger partial charge in [0.05, 0.1) is 11.1 Å². The van der Waals surface area contributed by atoms with E-state index >= 15 is 0 Å². The molecule has 1 atom stereocenters. The van der Waals surface area contributed by atoms with Crippen molar-refractivity contribution in [2.24, 2.45) is 0 Å². The van der Waals surface area contributed by atoms with Gasteiger partial charge in [-0.1, -0.05) is 0 Å². The lowest BCUT2D eigenvalue weighted by molar-refractivity contribution is -0.722. The zero-order valence-electron chi connectivity index (χ0n) is 17.3. The number of aliphatic hydroxyl groups is 1. The number of urea groups is 1. The van der Waals surface area contributed by atoms with E-state index in [1.54, 1.807) is 23.1 Å². The molecule has 152 valence electrons. The van der Waals surface area contributed by atoms with Crippen molar-refractivity contribution in [2.75, 3.05) is 31.6 Å². The van der Waals surface area contributed by atoms with E-state index < -0.39 is 6.10 Å². The smallest absolute Gasteiger partial charge is 0.321 e. The number of nitrogens with zero attached hydrogens (tertiary/aromatic N) is 1. The Labute approximate surface area is 162 Å². The van der Waals surface area contributed by atoms with Gasteiger partial charge in [0, 0.05) is 18.8 Å². The predicted molar refractivity (Wildman–Crippen MR) is 106 cm³/mol. The highest BCUT2D eigenvalue weighted by atomic mass is 16.5. The molecule has 4 N–H and O–H groups in total. The number of benzene rings is 1. The topological polar surface area (TPSA) is 95.5 Å². The van der Waals surface area contributed by atoms with Gasteiger partial charge in [0.15, 0.2) is 5.78 Å². The third-order valence-corrected chi connectivity index (χ3v) is 4.09. The molecular formula is C20H34N3O4+. The SMILES string of the molecule is CCN(CC)C(=O)Nc1ccc(OCC(O)C[NH2+]C(C)(C)C)c(C(C)=O)c1. The minimum absolute atomic E-state index is 0.0240. The van der Waals surface area contributed by atoms with Gasteiger partial charge in [-0.25, -0.2) is 4.79 Å². The second-order valence-electron chi connectivity index (χ2n) is 7.64. The Kier molecular flexibility index (Phi) is 8.72. The van der Waals surface area contributed by atoms with Gasteiger partial charge in [-0.05, 0) is 59.7 Å². The fourth-order valence-corrected chi connectivity index (χ4v) is 2.47. The van der Waals surface area contributed by atoms with Crippen LogP contribution in [0.25, 0.3) is 0 Å². The van der Waals surface area contributed by atoms with Crippen LogP contribution in [0.1, 0.15) is 51.9 Å². The molecule has 1 aromatic carbocycles. The van der Waals surface area contributed by atoms with E-state index in [1.165, 1.54) is 6.92 Å². The summed E-state index contributed by atoms with van der Waals surface area (Å²) >= 11 is 0. The molecule has 0 saturated heterocycles. The lowest BCUT2D eigenvalue weighted by atomic mass is 10.1. The number of ketones is 1. The molecule has 0 aliphatic carbocycles. The van der Waals surface area contributed by atoms with Gasteiger partial charge in [0.1, 0.15) is 25.0 Å². The normalized spacial score (nSPS) is 12.4. The second-order valence-corrected chi connectivity index (χ2v) is 7.64. The van der Waals surface area contributed by atoms with Crippen LogP contribution < -0.4 is 15.4 Å². The summed E-state index contributed by atoms with van der Waals surface area (Å²) in [4.78, 5) is 25.8. The summed E-state index contributed by atoms with van der Waals surface area (Å²) < 4.78 is 5.66. The molecule has 27 heavy (non-hydrogen) atoms. The van der Waals surface area contributed by atoms with E-state index in [9.17, 15) is 14.7 Å². The van der Waals surface area contributed by atoms with Gasteiger partial charge >= 0.3 is 6.03 Å². The summed E-state index contributed by atoms with van der Waals surface area (Å²) in [7, 11) is 0. The first-order valence-corrected chi connectivity index (χ1v) is 9.43. The molecular weight excluding hydrogens is 346 g/mol. The number of anilines is 1. The zero-order chi connectivity index (χ0) is 20.6. The fourth-order valence-electron chi connectivity index (χ4n) is 2.47. The molecule has 0 aliphatic heterocycles. The summed E-state index contributed by atoms with van der Waals surface area (Å²) in [6, 6.07) is 4.73. The van der Waals surface area contributed by atoms with Gasteiger partial charge in [-0.3, -0.25) is 4.79 Å². The monoisotopic (exact) mass is 380 g/mol. The van der Waals surface area contributed by atoms with Crippen molar-refractivity contribution in [1.82, 2.24) is 4.90 Å². The third kappa shape index (κ3) is 7.97. The molecule has 0 aromatic heterocycles. The average molecular weight is 381 g/mol. The molecule has 2 amide bonds. The minimum atomic E-state index is -0.647. The van der Waals surface area contributed by atoms with Crippen LogP contribution in [-0.2, 0) is 0 Å². The summed E-state index contributed by atoms with van der Waals surface area (Å²) in [5, 5.41) is 14.9. The molecule has 0 aliphatic rings. The lowest BCUT2D eigenvalue weighted by Crippen LogP contribution is -2.96. The Morgan fingerprint density at radius 3 is 2.41 bits per heavy atom. The highest BCUT2D eigenvalue weighted by Gasteiger charge is 2.18. The van der Waals surface area contributed by atoms with Crippen molar-refractivity contribution in [2.45, 2.75) is 53.2 Å². The van der Waals surface area contributed by atoms with E-state index in [0.29, 0.717) is 36.6 Å². The molecule has 0 spiro atoms. The number of rotatable bonds is 9. The number of hydrogen-bond donors (Lipinski definition) is 3. The van der Waals surface area contributed by atoms with E-state index in [-0.39, 0.29) is 24.0 Å². The number of nitrogens with one attached hydrogen (secondary N) is 1. The lowest BCUT2D eigenvalue weighted by Gasteiger charge is -2.21. The van der Waals surface area contributed by atoms with Crippen LogP contribution >= 0.6 is 0 Å². The molecule has 1 rings (SSSR count). The number of nitrogens with two attached hydrogens (primary N) is 1. The third-order valence-electron chi connectivity index (χ3n) is 4.09. The minimum Gasteiger partial charge on any atom is -0.490 e. The van der Waals surface area contributed by atoms with Crippen molar-refractivity contribution < 1.29 is 24.7 Å². The molecule has 7 heteroatoms. The Hall–Kier alpha value is -2.12. The van der Waals surface area contributed by atoms with Crippen LogP contribution in [0.2, 0.25) is 0 Å². The van der Waals surface area contributed by atoms with Crippen LogP contribution in [-0.4, -0.2) is 59.7 Å². The van der Waals surface area contributed by atoms with E-state index in [0.717, 1.165) is 0 Å². The number of carbonyl (C=O) groups excluding carboxylic acids is 2. The predicted octanol–water partition coefficient (Wildman–Crippen LogP) is 1.86. The summed E-state index contributed by atoms with van der Waals surface area (Å²) in [6.45, 7) is 13.3. The summed E-state index contributed by atoms with van der Waals surface area (Å²) in [5.41, 5.74) is 0.932.